The molecule has 5 rings (SSSR count). The zero-order valence-corrected chi connectivity index (χ0v) is 19.6. The second kappa shape index (κ2) is 9.76. The maximum atomic E-state index is 13.5. The van der Waals surface area contributed by atoms with E-state index in [1.165, 1.54) is 17.0 Å². The van der Waals surface area contributed by atoms with Gasteiger partial charge in [-0.3, -0.25) is 14.6 Å². The van der Waals surface area contributed by atoms with E-state index in [4.69, 9.17) is 0 Å². The van der Waals surface area contributed by atoms with Crippen molar-refractivity contribution < 1.29 is 22.8 Å². The first-order chi connectivity index (χ1) is 17.3. The van der Waals surface area contributed by atoms with Crippen LogP contribution in [0.4, 0.5) is 24.5 Å². The molecule has 2 aliphatic rings. The molecule has 2 aromatic carbocycles. The van der Waals surface area contributed by atoms with Gasteiger partial charge in [0.05, 0.1) is 16.8 Å². The third-order valence-corrected chi connectivity index (χ3v) is 6.97. The van der Waals surface area contributed by atoms with Crippen molar-refractivity contribution in [2.24, 2.45) is 5.92 Å². The number of fused-ring (bicyclic) bond motifs is 2. The topological polar surface area (TPSA) is 62.3 Å². The van der Waals surface area contributed by atoms with Crippen LogP contribution < -0.4 is 10.2 Å². The molecule has 0 spiro atoms. The number of rotatable bonds is 3. The van der Waals surface area contributed by atoms with E-state index in [0.29, 0.717) is 23.2 Å². The van der Waals surface area contributed by atoms with Gasteiger partial charge in [0.25, 0.3) is 0 Å². The summed E-state index contributed by atoms with van der Waals surface area (Å²) in [6.07, 6.45) is 3.44. The Morgan fingerprint density at radius 1 is 1.03 bits per heavy atom. The van der Waals surface area contributed by atoms with Crippen molar-refractivity contribution in [1.29, 1.82) is 0 Å². The van der Waals surface area contributed by atoms with Crippen LogP contribution in [0.3, 0.4) is 0 Å². The zero-order valence-electron chi connectivity index (χ0n) is 19.6. The maximum Gasteiger partial charge on any atom is 0.416 e. The molecular weight excluding hydrogens is 467 g/mol. The predicted octanol–water partition coefficient (Wildman–Crippen LogP) is 6.59. The molecule has 1 aromatic heterocycles. The van der Waals surface area contributed by atoms with Gasteiger partial charge in [0.2, 0.25) is 11.8 Å². The summed E-state index contributed by atoms with van der Waals surface area (Å²) in [5.74, 6) is -0.683. The monoisotopic (exact) mass is 493 g/mol. The van der Waals surface area contributed by atoms with Crippen molar-refractivity contribution in [3.63, 3.8) is 0 Å². The van der Waals surface area contributed by atoms with Gasteiger partial charge >= 0.3 is 6.18 Å². The number of anilines is 2. The quantitative estimate of drug-likeness (QED) is 0.419. The summed E-state index contributed by atoms with van der Waals surface area (Å²) in [5, 5.41) is 3.76. The van der Waals surface area contributed by atoms with Gasteiger partial charge in [-0.2, -0.15) is 13.2 Å². The minimum Gasteiger partial charge on any atom is -0.322 e. The van der Waals surface area contributed by atoms with Gasteiger partial charge in [-0.1, -0.05) is 37.5 Å². The summed E-state index contributed by atoms with van der Waals surface area (Å²) in [4.78, 5) is 31.9. The first-order valence-corrected chi connectivity index (χ1v) is 12.2. The lowest BCUT2D eigenvalue weighted by Crippen LogP contribution is -2.40. The third-order valence-electron chi connectivity index (χ3n) is 6.97. The van der Waals surface area contributed by atoms with Crippen molar-refractivity contribution >= 4 is 39.7 Å². The minimum absolute atomic E-state index is 0.123. The summed E-state index contributed by atoms with van der Waals surface area (Å²) >= 11 is 0. The third kappa shape index (κ3) is 4.98. The average molecular weight is 494 g/mol. The van der Waals surface area contributed by atoms with Crippen LogP contribution in [0.1, 0.15) is 49.7 Å². The molecule has 0 unspecified atom stereocenters. The molecule has 1 saturated carbocycles. The van der Waals surface area contributed by atoms with Crippen molar-refractivity contribution in [3.05, 3.63) is 71.9 Å². The number of aromatic nitrogens is 1. The van der Waals surface area contributed by atoms with E-state index >= 15 is 0 Å². The summed E-state index contributed by atoms with van der Waals surface area (Å²) in [6.45, 7) is 0.239. The van der Waals surface area contributed by atoms with E-state index in [2.05, 4.69) is 10.3 Å². The largest absolute Gasteiger partial charge is 0.416 e. The summed E-state index contributed by atoms with van der Waals surface area (Å²) in [7, 11) is 0. The Morgan fingerprint density at radius 2 is 1.83 bits per heavy atom. The molecule has 1 aliphatic carbocycles. The first-order valence-electron chi connectivity index (χ1n) is 12.2. The van der Waals surface area contributed by atoms with Gasteiger partial charge in [0.15, 0.2) is 0 Å². The van der Waals surface area contributed by atoms with Crippen molar-refractivity contribution in [1.82, 2.24) is 4.98 Å². The van der Waals surface area contributed by atoms with E-state index in [0.717, 1.165) is 55.1 Å². The highest BCUT2D eigenvalue weighted by Crippen LogP contribution is 2.41. The SMILES string of the molecule is O=C(/C=C1\CCN(C(=O)C2CCCCC2)c2cc(C(F)(F)F)ccc21)Nc1ccc2cccnc2c1. The van der Waals surface area contributed by atoms with Gasteiger partial charge < -0.3 is 10.2 Å². The molecule has 2 heterocycles. The van der Waals surface area contributed by atoms with Crippen LogP contribution in [-0.4, -0.2) is 23.3 Å². The Balaban J connectivity index is 1.44. The molecule has 8 heteroatoms. The second-order valence-corrected chi connectivity index (χ2v) is 9.37. The highest BCUT2D eigenvalue weighted by atomic mass is 19.4. The van der Waals surface area contributed by atoms with Crippen LogP contribution in [0, 0.1) is 5.92 Å². The number of carbonyl (C=O) groups excluding carboxylic acids is 2. The van der Waals surface area contributed by atoms with Crippen molar-refractivity contribution in [2.75, 3.05) is 16.8 Å². The fourth-order valence-corrected chi connectivity index (χ4v) is 5.12. The summed E-state index contributed by atoms with van der Waals surface area (Å²) < 4.78 is 40.5. The van der Waals surface area contributed by atoms with Crippen LogP contribution in [0.5, 0.6) is 0 Å². The number of hydrogen-bond acceptors (Lipinski definition) is 3. The minimum atomic E-state index is -4.53. The van der Waals surface area contributed by atoms with Crippen LogP contribution >= 0.6 is 0 Å². The standard InChI is InChI=1S/C28H26F3N3O2/c29-28(30,31)21-9-11-23-20(12-14-34(25(23)16-21)27(36)19-5-2-1-3-6-19)15-26(35)33-22-10-8-18-7-4-13-32-24(18)17-22/h4,7-11,13,15-17,19H,1-3,5-6,12,14H2,(H,33,35)/b20-15+. The van der Waals surface area contributed by atoms with Crippen LogP contribution in [0.2, 0.25) is 0 Å². The number of nitrogens with zero attached hydrogens (tertiary/aromatic N) is 2. The predicted molar refractivity (Wildman–Crippen MR) is 133 cm³/mol. The van der Waals surface area contributed by atoms with Gasteiger partial charge in [0.1, 0.15) is 0 Å². The average Bonchev–Trinajstić information content (AvgIpc) is 2.88. The number of alkyl halides is 3. The van der Waals surface area contributed by atoms with E-state index in [1.807, 2.05) is 18.2 Å². The maximum absolute atomic E-state index is 13.5. The molecule has 5 nitrogen and oxygen atoms in total. The number of nitrogens with one attached hydrogen (secondary N) is 1. The molecule has 36 heavy (non-hydrogen) atoms. The van der Waals surface area contributed by atoms with Crippen LogP contribution in [0.15, 0.2) is 60.8 Å². The number of benzene rings is 2. The number of halogens is 3. The summed E-state index contributed by atoms with van der Waals surface area (Å²) in [5.41, 5.74) is 1.80. The molecule has 0 saturated heterocycles. The second-order valence-electron chi connectivity index (χ2n) is 9.37. The number of amides is 2. The fourth-order valence-electron chi connectivity index (χ4n) is 5.12. The van der Waals surface area contributed by atoms with Gasteiger partial charge in [-0.25, -0.2) is 0 Å². The Labute approximate surface area is 207 Å². The van der Waals surface area contributed by atoms with Crippen LogP contribution in [-0.2, 0) is 15.8 Å². The zero-order chi connectivity index (χ0) is 25.3. The molecule has 2 amide bonds. The molecule has 0 atom stereocenters. The lowest BCUT2D eigenvalue weighted by atomic mass is 9.86. The lowest BCUT2D eigenvalue weighted by molar-refractivity contribution is -0.137. The molecule has 1 aliphatic heterocycles. The molecule has 1 fully saturated rings. The highest BCUT2D eigenvalue weighted by molar-refractivity contribution is 6.07. The van der Waals surface area contributed by atoms with E-state index in [9.17, 15) is 22.8 Å². The fraction of sp³-hybridized carbons (Fsp3) is 0.321. The van der Waals surface area contributed by atoms with Gasteiger partial charge in [-0.05, 0) is 55.2 Å². The first kappa shape index (κ1) is 24.0. The van der Waals surface area contributed by atoms with E-state index in [-0.39, 0.29) is 24.1 Å². The normalized spacial score (nSPS) is 17.8. The number of pyridine rings is 1. The number of carbonyl (C=O) groups is 2. The molecular formula is C28H26F3N3O2. The molecule has 0 bridgehead atoms. The molecule has 3 aromatic rings. The van der Waals surface area contributed by atoms with E-state index in [1.54, 1.807) is 18.3 Å². The van der Waals surface area contributed by atoms with Crippen LogP contribution in [0.25, 0.3) is 16.5 Å². The Bertz CT molecular complexity index is 1340. The van der Waals surface area contributed by atoms with Gasteiger partial charge in [-0.15, -0.1) is 0 Å². The smallest absolute Gasteiger partial charge is 0.322 e. The lowest BCUT2D eigenvalue weighted by Gasteiger charge is -2.35. The van der Waals surface area contributed by atoms with Crippen molar-refractivity contribution in [3.8, 4) is 0 Å². The number of hydrogen-bond donors (Lipinski definition) is 1. The van der Waals surface area contributed by atoms with Crippen molar-refractivity contribution in [2.45, 2.75) is 44.7 Å². The Morgan fingerprint density at radius 3 is 2.61 bits per heavy atom. The highest BCUT2D eigenvalue weighted by Gasteiger charge is 2.35. The van der Waals surface area contributed by atoms with Gasteiger partial charge in [0, 0.05) is 41.4 Å². The summed E-state index contributed by atoms with van der Waals surface area (Å²) in [6, 6.07) is 12.6. The van der Waals surface area contributed by atoms with E-state index < -0.39 is 17.6 Å². The Hall–Kier alpha value is -3.68. The molecule has 186 valence electrons. The molecule has 1 N–H and O–H groups in total. The Kier molecular flexibility index (Phi) is 6.51. The molecule has 0 radical (unpaired) electrons.